The molecule has 0 fully saturated rings. The predicted octanol–water partition coefficient (Wildman–Crippen LogP) is 1.75. The van der Waals surface area contributed by atoms with Gasteiger partial charge in [-0.25, -0.2) is 9.99 Å². The lowest BCUT2D eigenvalue weighted by Crippen LogP contribution is -2.19. The van der Waals surface area contributed by atoms with Crippen molar-refractivity contribution in [1.82, 2.24) is 9.97 Å². The van der Waals surface area contributed by atoms with Crippen LogP contribution in [-0.4, -0.2) is 28.7 Å². The molecule has 2 aromatic rings. The second-order valence-electron chi connectivity index (χ2n) is 4.46. The Labute approximate surface area is 116 Å². The summed E-state index contributed by atoms with van der Waals surface area (Å²) in [5, 5.41) is 5.80. The summed E-state index contributed by atoms with van der Waals surface area (Å²) in [5.74, 6) is 1.53. The zero-order chi connectivity index (χ0) is 13.9. The summed E-state index contributed by atoms with van der Waals surface area (Å²) >= 11 is 0. The number of benzene rings is 1. The Morgan fingerprint density at radius 3 is 2.80 bits per heavy atom. The molecule has 0 spiro atoms. The van der Waals surface area contributed by atoms with Gasteiger partial charge in [-0.15, -0.1) is 0 Å². The van der Waals surface area contributed by atoms with Crippen LogP contribution in [0.4, 0.5) is 5.69 Å². The summed E-state index contributed by atoms with van der Waals surface area (Å²) in [6.45, 7) is 0. The number of ether oxygens (including phenoxy) is 1. The first-order valence-corrected chi connectivity index (χ1v) is 6.28. The topological polar surface area (TPSA) is 70.6 Å². The first-order valence-electron chi connectivity index (χ1n) is 6.28. The fourth-order valence-corrected chi connectivity index (χ4v) is 2.09. The molecule has 0 aliphatic carbocycles. The van der Waals surface area contributed by atoms with Gasteiger partial charge in [0.2, 0.25) is 0 Å². The van der Waals surface area contributed by atoms with E-state index in [2.05, 4.69) is 15.1 Å². The maximum atomic E-state index is 12.0. The number of nitrogens with zero attached hydrogens (tertiary/aromatic N) is 3. The van der Waals surface area contributed by atoms with Gasteiger partial charge < -0.3 is 9.72 Å². The number of carbonyl (C=O) groups excluding carboxylic acids is 1. The lowest BCUT2D eigenvalue weighted by Gasteiger charge is -2.11. The summed E-state index contributed by atoms with van der Waals surface area (Å²) in [4.78, 5) is 19.2. The molecule has 102 valence electrons. The van der Waals surface area contributed by atoms with Crippen LogP contribution < -0.4 is 9.75 Å². The molecule has 0 atom stereocenters. The first kappa shape index (κ1) is 12.4. The monoisotopic (exact) mass is 270 g/mol. The highest BCUT2D eigenvalue weighted by molar-refractivity contribution is 6.13. The van der Waals surface area contributed by atoms with Crippen molar-refractivity contribution in [1.29, 1.82) is 0 Å². The Hall–Kier alpha value is -2.63. The number of methoxy groups -OCH3 is 1. The molecule has 0 radical (unpaired) electrons. The van der Waals surface area contributed by atoms with Crippen molar-refractivity contribution in [3.05, 3.63) is 42.5 Å². The van der Waals surface area contributed by atoms with Crippen LogP contribution in [0.25, 0.3) is 0 Å². The van der Waals surface area contributed by atoms with Crippen molar-refractivity contribution >= 4 is 17.3 Å². The molecule has 1 aliphatic heterocycles. The second kappa shape index (κ2) is 5.16. The number of aromatic nitrogens is 2. The van der Waals surface area contributed by atoms with E-state index in [1.165, 1.54) is 5.01 Å². The van der Waals surface area contributed by atoms with Gasteiger partial charge in [0.05, 0.1) is 24.9 Å². The van der Waals surface area contributed by atoms with Gasteiger partial charge in [0.15, 0.2) is 0 Å². The molecule has 2 heterocycles. The smallest absolute Gasteiger partial charge is 0.253 e. The molecular weight excluding hydrogens is 256 g/mol. The van der Waals surface area contributed by atoms with Crippen molar-refractivity contribution in [3.8, 4) is 5.75 Å². The van der Waals surface area contributed by atoms with Crippen LogP contribution in [0.3, 0.4) is 0 Å². The highest BCUT2D eigenvalue weighted by atomic mass is 16.5. The summed E-state index contributed by atoms with van der Waals surface area (Å²) in [7, 11) is 1.61. The number of hydrogen-bond acceptors (Lipinski definition) is 4. The van der Waals surface area contributed by atoms with Crippen molar-refractivity contribution < 1.29 is 9.53 Å². The van der Waals surface area contributed by atoms with Crippen LogP contribution in [0.2, 0.25) is 0 Å². The lowest BCUT2D eigenvalue weighted by atomic mass is 10.2. The van der Waals surface area contributed by atoms with Crippen LogP contribution in [0.5, 0.6) is 5.75 Å². The molecule has 1 amide bonds. The molecule has 1 N–H and O–H groups in total. The fourth-order valence-electron chi connectivity index (χ4n) is 2.09. The van der Waals surface area contributed by atoms with E-state index >= 15 is 0 Å². The molecule has 3 rings (SSSR count). The molecule has 1 aromatic carbocycles. The van der Waals surface area contributed by atoms with Gasteiger partial charge in [0.1, 0.15) is 11.6 Å². The maximum absolute atomic E-state index is 12.0. The Balaban J connectivity index is 1.78. The Morgan fingerprint density at radius 1 is 1.35 bits per heavy atom. The van der Waals surface area contributed by atoms with Gasteiger partial charge in [-0.2, -0.15) is 5.10 Å². The van der Waals surface area contributed by atoms with E-state index in [4.69, 9.17) is 4.74 Å². The van der Waals surface area contributed by atoms with Gasteiger partial charge in [0, 0.05) is 18.8 Å². The third-order valence-corrected chi connectivity index (χ3v) is 3.08. The summed E-state index contributed by atoms with van der Waals surface area (Å²) in [6, 6.07) is 7.25. The molecule has 20 heavy (non-hydrogen) atoms. The van der Waals surface area contributed by atoms with E-state index in [0.29, 0.717) is 12.8 Å². The lowest BCUT2D eigenvalue weighted by molar-refractivity contribution is -0.116. The van der Waals surface area contributed by atoms with E-state index in [9.17, 15) is 4.79 Å². The number of hydrazone groups is 1. The predicted molar refractivity (Wildman–Crippen MR) is 74.8 cm³/mol. The summed E-state index contributed by atoms with van der Waals surface area (Å²) < 4.78 is 5.10. The van der Waals surface area contributed by atoms with Crippen molar-refractivity contribution in [2.45, 2.75) is 12.8 Å². The quantitative estimate of drug-likeness (QED) is 0.920. The Morgan fingerprint density at radius 2 is 2.15 bits per heavy atom. The number of amides is 1. The van der Waals surface area contributed by atoms with Gasteiger partial charge in [-0.1, -0.05) is 0 Å². The maximum Gasteiger partial charge on any atom is 0.253 e. The molecule has 0 saturated heterocycles. The average molecular weight is 270 g/mol. The van der Waals surface area contributed by atoms with E-state index in [0.717, 1.165) is 23.0 Å². The number of rotatable bonds is 4. The molecule has 0 saturated carbocycles. The van der Waals surface area contributed by atoms with Gasteiger partial charge >= 0.3 is 0 Å². The Bertz CT molecular complexity index is 632. The van der Waals surface area contributed by atoms with E-state index < -0.39 is 0 Å². The number of nitrogens with one attached hydrogen (secondary N) is 1. The van der Waals surface area contributed by atoms with Crippen LogP contribution in [0.15, 0.2) is 41.8 Å². The summed E-state index contributed by atoms with van der Waals surface area (Å²) in [6.07, 6.45) is 4.33. The SMILES string of the molecule is COc1ccc(N2N=C(Cc3ncc[nH]3)CC2=O)cc1. The number of aromatic amines is 1. The summed E-state index contributed by atoms with van der Waals surface area (Å²) in [5.41, 5.74) is 1.55. The molecule has 1 aliphatic rings. The molecule has 6 heteroatoms. The zero-order valence-corrected chi connectivity index (χ0v) is 11.0. The minimum atomic E-state index is -0.0308. The highest BCUT2D eigenvalue weighted by Crippen LogP contribution is 2.23. The normalized spacial score (nSPS) is 14.6. The molecule has 6 nitrogen and oxygen atoms in total. The third-order valence-electron chi connectivity index (χ3n) is 3.08. The third kappa shape index (κ3) is 2.40. The molecule has 0 unspecified atom stereocenters. The largest absolute Gasteiger partial charge is 0.497 e. The molecule has 1 aromatic heterocycles. The van der Waals surface area contributed by atoms with Crippen LogP contribution >= 0.6 is 0 Å². The van der Waals surface area contributed by atoms with Crippen molar-refractivity contribution in [3.63, 3.8) is 0 Å². The number of carbonyl (C=O) groups is 1. The minimum absolute atomic E-state index is 0.0308. The Kier molecular flexibility index (Phi) is 3.20. The standard InChI is InChI=1S/C14H14N4O2/c1-20-12-4-2-11(3-5-12)18-14(19)9-10(17-18)8-13-15-6-7-16-13/h2-7H,8-9H2,1H3,(H,15,16). The first-order chi connectivity index (χ1) is 9.76. The minimum Gasteiger partial charge on any atom is -0.497 e. The van der Waals surface area contributed by atoms with Gasteiger partial charge in [0.25, 0.3) is 5.91 Å². The van der Waals surface area contributed by atoms with Crippen molar-refractivity contribution in [2.24, 2.45) is 5.10 Å². The van der Waals surface area contributed by atoms with Crippen LogP contribution in [0, 0.1) is 0 Å². The molecular formula is C14H14N4O2. The molecule has 0 bridgehead atoms. The van der Waals surface area contributed by atoms with Crippen LogP contribution in [-0.2, 0) is 11.2 Å². The van der Waals surface area contributed by atoms with Crippen LogP contribution in [0.1, 0.15) is 12.2 Å². The number of hydrogen-bond donors (Lipinski definition) is 1. The average Bonchev–Trinajstić information content (AvgIpc) is 3.09. The van der Waals surface area contributed by atoms with E-state index in [-0.39, 0.29) is 5.91 Å². The highest BCUT2D eigenvalue weighted by Gasteiger charge is 2.25. The number of H-pyrrole nitrogens is 1. The van der Waals surface area contributed by atoms with E-state index in [1.807, 2.05) is 24.3 Å². The van der Waals surface area contributed by atoms with Gasteiger partial charge in [-0.3, -0.25) is 4.79 Å². The number of anilines is 1. The second-order valence-corrected chi connectivity index (χ2v) is 4.46. The zero-order valence-electron chi connectivity index (χ0n) is 11.0. The fraction of sp³-hybridized carbons (Fsp3) is 0.214. The van der Waals surface area contributed by atoms with Crippen molar-refractivity contribution in [2.75, 3.05) is 12.1 Å². The number of imidazole rings is 1. The van der Waals surface area contributed by atoms with Gasteiger partial charge in [-0.05, 0) is 24.3 Å². The van der Waals surface area contributed by atoms with E-state index in [1.54, 1.807) is 19.5 Å².